The van der Waals surface area contributed by atoms with Crippen molar-refractivity contribution in [1.29, 1.82) is 0 Å². The van der Waals surface area contributed by atoms with E-state index in [1.165, 1.54) is 6.07 Å². The van der Waals surface area contributed by atoms with Crippen LogP contribution in [0, 0.1) is 5.82 Å². The van der Waals surface area contributed by atoms with Gasteiger partial charge in [-0.3, -0.25) is 0 Å². The van der Waals surface area contributed by atoms with Crippen molar-refractivity contribution in [2.24, 2.45) is 5.73 Å². The maximum Gasteiger partial charge on any atom is 0.132 e. The van der Waals surface area contributed by atoms with Gasteiger partial charge in [-0.2, -0.15) is 0 Å². The van der Waals surface area contributed by atoms with E-state index in [-0.39, 0.29) is 12.0 Å². The first-order valence-corrected chi connectivity index (χ1v) is 4.81. The molecule has 0 spiro atoms. The SMILES string of the molecule is NC1CCc2cc3c(F)cccc3n21. The molecule has 0 radical (unpaired) electrons. The Morgan fingerprint density at radius 3 is 3.14 bits per heavy atom. The van der Waals surface area contributed by atoms with E-state index in [4.69, 9.17) is 5.73 Å². The summed E-state index contributed by atoms with van der Waals surface area (Å²) in [4.78, 5) is 0. The average Bonchev–Trinajstić information content (AvgIpc) is 2.68. The molecule has 1 aromatic heterocycles. The largest absolute Gasteiger partial charge is 0.329 e. The van der Waals surface area contributed by atoms with Gasteiger partial charge in [0.2, 0.25) is 0 Å². The van der Waals surface area contributed by atoms with E-state index in [9.17, 15) is 4.39 Å². The number of nitrogens with zero attached hydrogens (tertiary/aromatic N) is 1. The van der Waals surface area contributed by atoms with Crippen LogP contribution in [0.15, 0.2) is 24.3 Å². The minimum Gasteiger partial charge on any atom is -0.329 e. The van der Waals surface area contributed by atoms with Crippen molar-refractivity contribution in [2.45, 2.75) is 19.0 Å². The summed E-state index contributed by atoms with van der Waals surface area (Å²) in [7, 11) is 0. The van der Waals surface area contributed by atoms with E-state index in [2.05, 4.69) is 0 Å². The Morgan fingerprint density at radius 2 is 2.29 bits per heavy atom. The number of benzene rings is 1. The Bertz CT molecular complexity index is 501. The first-order valence-electron chi connectivity index (χ1n) is 4.81. The van der Waals surface area contributed by atoms with Gasteiger partial charge in [-0.25, -0.2) is 4.39 Å². The van der Waals surface area contributed by atoms with Gasteiger partial charge in [-0.05, 0) is 31.0 Å². The number of aryl methyl sites for hydroxylation is 1. The molecule has 72 valence electrons. The summed E-state index contributed by atoms with van der Waals surface area (Å²) in [5, 5.41) is 0.692. The lowest BCUT2D eigenvalue weighted by Crippen LogP contribution is -2.13. The zero-order valence-electron chi connectivity index (χ0n) is 7.70. The van der Waals surface area contributed by atoms with Crippen LogP contribution in [-0.4, -0.2) is 4.57 Å². The molecular formula is C11H11FN2. The summed E-state index contributed by atoms with van der Waals surface area (Å²) in [5.74, 6) is -0.156. The molecule has 1 aromatic carbocycles. The third-order valence-electron chi connectivity index (χ3n) is 2.94. The Kier molecular flexibility index (Phi) is 1.47. The predicted octanol–water partition coefficient (Wildman–Crippen LogP) is 2.18. The van der Waals surface area contributed by atoms with Crippen LogP contribution in [0.2, 0.25) is 0 Å². The molecule has 1 aliphatic heterocycles. The molecule has 2 heterocycles. The molecule has 2 nitrogen and oxygen atoms in total. The van der Waals surface area contributed by atoms with E-state index < -0.39 is 0 Å². The van der Waals surface area contributed by atoms with Crippen LogP contribution in [0.4, 0.5) is 4.39 Å². The molecule has 0 amide bonds. The van der Waals surface area contributed by atoms with Crippen LogP contribution in [-0.2, 0) is 6.42 Å². The number of hydrogen-bond donors (Lipinski definition) is 1. The van der Waals surface area contributed by atoms with E-state index in [1.807, 2.05) is 16.7 Å². The lowest BCUT2D eigenvalue weighted by atomic mass is 10.2. The van der Waals surface area contributed by atoms with E-state index >= 15 is 0 Å². The highest BCUT2D eigenvalue weighted by Crippen LogP contribution is 2.31. The molecule has 0 bridgehead atoms. The Morgan fingerprint density at radius 1 is 1.43 bits per heavy atom. The van der Waals surface area contributed by atoms with Gasteiger partial charge in [-0.1, -0.05) is 6.07 Å². The summed E-state index contributed by atoms with van der Waals surface area (Å²) < 4.78 is 15.5. The van der Waals surface area contributed by atoms with Crippen LogP contribution in [0.5, 0.6) is 0 Å². The molecule has 0 saturated carbocycles. The maximum atomic E-state index is 13.4. The first-order chi connectivity index (χ1) is 6.77. The van der Waals surface area contributed by atoms with Gasteiger partial charge in [-0.15, -0.1) is 0 Å². The molecule has 1 atom stereocenters. The van der Waals surface area contributed by atoms with Crippen molar-refractivity contribution < 1.29 is 4.39 Å². The van der Waals surface area contributed by atoms with Gasteiger partial charge in [0.05, 0.1) is 11.7 Å². The van der Waals surface area contributed by atoms with Gasteiger partial charge in [0.15, 0.2) is 0 Å². The lowest BCUT2D eigenvalue weighted by molar-refractivity contribution is 0.566. The second kappa shape index (κ2) is 2.58. The minimum absolute atomic E-state index is 0.0179. The predicted molar refractivity (Wildman–Crippen MR) is 53.4 cm³/mol. The van der Waals surface area contributed by atoms with E-state index in [0.717, 1.165) is 24.1 Å². The quantitative estimate of drug-likeness (QED) is 0.678. The zero-order valence-corrected chi connectivity index (χ0v) is 7.70. The van der Waals surface area contributed by atoms with E-state index in [0.29, 0.717) is 5.39 Å². The molecule has 0 saturated heterocycles. The monoisotopic (exact) mass is 190 g/mol. The minimum atomic E-state index is -0.156. The molecule has 14 heavy (non-hydrogen) atoms. The summed E-state index contributed by atoms with van der Waals surface area (Å²) in [5.41, 5.74) is 8.02. The Labute approximate surface area is 81.1 Å². The summed E-state index contributed by atoms with van der Waals surface area (Å²) in [6.45, 7) is 0. The molecule has 3 rings (SSSR count). The van der Waals surface area contributed by atoms with Crippen LogP contribution >= 0.6 is 0 Å². The second-order valence-electron chi connectivity index (χ2n) is 3.78. The number of aromatic nitrogens is 1. The zero-order chi connectivity index (χ0) is 9.71. The van der Waals surface area contributed by atoms with Crippen molar-refractivity contribution in [3.8, 4) is 0 Å². The van der Waals surface area contributed by atoms with Crippen LogP contribution in [0.1, 0.15) is 18.3 Å². The lowest BCUT2D eigenvalue weighted by Gasteiger charge is -2.08. The number of nitrogens with two attached hydrogens (primary N) is 1. The standard InChI is InChI=1S/C11H11FN2/c12-9-2-1-3-10-8(9)6-7-4-5-11(13)14(7)10/h1-3,6,11H,4-5,13H2. The van der Waals surface area contributed by atoms with E-state index in [1.54, 1.807) is 6.07 Å². The summed E-state index contributed by atoms with van der Waals surface area (Å²) in [6, 6.07) is 7.06. The molecule has 2 aromatic rings. The van der Waals surface area contributed by atoms with Crippen molar-refractivity contribution in [3.63, 3.8) is 0 Å². The van der Waals surface area contributed by atoms with Crippen molar-refractivity contribution in [2.75, 3.05) is 0 Å². The normalized spacial score (nSPS) is 20.3. The highest BCUT2D eigenvalue weighted by atomic mass is 19.1. The molecule has 0 fully saturated rings. The Hall–Kier alpha value is -1.35. The van der Waals surface area contributed by atoms with Gasteiger partial charge in [0, 0.05) is 11.1 Å². The fourth-order valence-corrected chi connectivity index (χ4v) is 2.28. The molecule has 3 heteroatoms. The highest BCUT2D eigenvalue weighted by molar-refractivity contribution is 5.82. The fraction of sp³-hybridized carbons (Fsp3) is 0.273. The summed E-state index contributed by atoms with van der Waals surface area (Å²) in [6.07, 6.45) is 1.93. The number of fused-ring (bicyclic) bond motifs is 3. The van der Waals surface area contributed by atoms with Gasteiger partial charge >= 0.3 is 0 Å². The van der Waals surface area contributed by atoms with Gasteiger partial charge in [0.25, 0.3) is 0 Å². The second-order valence-corrected chi connectivity index (χ2v) is 3.78. The average molecular weight is 190 g/mol. The summed E-state index contributed by atoms with van der Waals surface area (Å²) >= 11 is 0. The van der Waals surface area contributed by atoms with Crippen LogP contribution in [0.25, 0.3) is 10.9 Å². The van der Waals surface area contributed by atoms with Crippen molar-refractivity contribution in [3.05, 3.63) is 35.8 Å². The number of hydrogen-bond acceptors (Lipinski definition) is 1. The third kappa shape index (κ3) is 0.876. The van der Waals surface area contributed by atoms with Crippen molar-refractivity contribution in [1.82, 2.24) is 4.57 Å². The van der Waals surface area contributed by atoms with Gasteiger partial charge < -0.3 is 10.3 Å². The van der Waals surface area contributed by atoms with Crippen LogP contribution in [0.3, 0.4) is 0 Å². The molecule has 1 aliphatic rings. The smallest absolute Gasteiger partial charge is 0.132 e. The van der Waals surface area contributed by atoms with Crippen LogP contribution < -0.4 is 5.73 Å². The topological polar surface area (TPSA) is 30.9 Å². The fourth-order valence-electron chi connectivity index (χ4n) is 2.28. The molecule has 1 unspecified atom stereocenters. The molecular weight excluding hydrogens is 179 g/mol. The first kappa shape index (κ1) is 8.00. The maximum absolute atomic E-state index is 13.4. The molecule has 0 aliphatic carbocycles. The third-order valence-corrected chi connectivity index (χ3v) is 2.94. The number of halogens is 1. The Balaban J connectivity index is 2.41. The highest BCUT2D eigenvalue weighted by Gasteiger charge is 2.21. The van der Waals surface area contributed by atoms with Gasteiger partial charge in [0.1, 0.15) is 5.82 Å². The number of rotatable bonds is 0. The molecule has 2 N–H and O–H groups in total. The van der Waals surface area contributed by atoms with Crippen molar-refractivity contribution >= 4 is 10.9 Å².